The highest BCUT2D eigenvalue weighted by atomic mass is 32.1. The lowest BCUT2D eigenvalue weighted by molar-refractivity contribution is -0.145. The molecule has 3 aliphatic rings. The molecule has 2 saturated heterocycles. The number of likely N-dealkylation sites (tertiary alicyclic amines) is 1. The van der Waals surface area contributed by atoms with Gasteiger partial charge in [0.2, 0.25) is 5.91 Å². The van der Waals surface area contributed by atoms with E-state index in [1.807, 2.05) is 6.20 Å². The predicted molar refractivity (Wildman–Crippen MR) is 109 cm³/mol. The summed E-state index contributed by atoms with van der Waals surface area (Å²) in [4.78, 5) is 24.6. The van der Waals surface area contributed by atoms with Crippen molar-refractivity contribution in [2.75, 3.05) is 46.3 Å². The fraction of sp³-hybridized carbons (Fsp3) is 0.800. The lowest BCUT2D eigenvalue weighted by atomic mass is 9.90. The number of piperidine rings is 1. The highest BCUT2D eigenvalue weighted by Crippen LogP contribution is 2.56. The molecule has 4 rings (SSSR count). The quantitative estimate of drug-likeness (QED) is 0.827. The zero-order valence-electron chi connectivity index (χ0n) is 16.9. The first-order chi connectivity index (χ1) is 12.9. The number of nitrogens with zero attached hydrogens (tertiary/aromatic N) is 4. The molecule has 150 valence electrons. The van der Waals surface area contributed by atoms with Gasteiger partial charge in [-0.2, -0.15) is 0 Å². The molecule has 0 radical (unpaired) electrons. The van der Waals surface area contributed by atoms with Crippen LogP contribution >= 0.6 is 11.3 Å². The number of aromatic nitrogens is 1. The monoisotopic (exact) mass is 391 g/mol. The van der Waals surface area contributed by atoms with Crippen molar-refractivity contribution >= 4 is 17.2 Å². The van der Waals surface area contributed by atoms with Gasteiger partial charge in [0.1, 0.15) is 5.01 Å². The van der Waals surface area contributed by atoms with Crippen molar-refractivity contribution in [3.63, 3.8) is 0 Å². The molecule has 1 N–H and O–H groups in total. The topological polar surface area (TPSA) is 51.7 Å². The minimum absolute atomic E-state index is 0.313. The molecule has 0 aromatic carbocycles. The van der Waals surface area contributed by atoms with Crippen LogP contribution < -0.4 is 5.32 Å². The Morgan fingerprint density at radius 1 is 1.33 bits per heavy atom. The summed E-state index contributed by atoms with van der Waals surface area (Å²) in [5.41, 5.74) is 0.0408. The zero-order chi connectivity index (χ0) is 19.1. The lowest BCUT2D eigenvalue weighted by Gasteiger charge is -2.44. The molecule has 3 heterocycles. The van der Waals surface area contributed by atoms with Crippen LogP contribution in [0.25, 0.3) is 0 Å². The Labute approximate surface area is 166 Å². The first kappa shape index (κ1) is 19.3. The molecular formula is C20H33N5OS. The van der Waals surface area contributed by atoms with E-state index in [1.54, 1.807) is 11.3 Å². The van der Waals surface area contributed by atoms with Gasteiger partial charge in [0.15, 0.2) is 0 Å². The molecule has 3 fully saturated rings. The molecule has 27 heavy (non-hydrogen) atoms. The van der Waals surface area contributed by atoms with Crippen molar-refractivity contribution < 1.29 is 4.79 Å². The minimum Gasteiger partial charge on any atom is -0.341 e. The first-order valence-electron chi connectivity index (χ1n) is 10.3. The molecule has 7 heteroatoms. The number of hydrogen-bond donors (Lipinski definition) is 1. The van der Waals surface area contributed by atoms with E-state index in [2.05, 4.69) is 51.3 Å². The van der Waals surface area contributed by atoms with Crippen LogP contribution in [0.5, 0.6) is 0 Å². The van der Waals surface area contributed by atoms with Crippen LogP contribution in [0.4, 0.5) is 0 Å². The van der Waals surface area contributed by atoms with E-state index in [9.17, 15) is 4.79 Å². The zero-order valence-corrected chi connectivity index (χ0v) is 17.7. The molecule has 1 aromatic heterocycles. The van der Waals surface area contributed by atoms with Gasteiger partial charge < -0.3 is 10.2 Å². The Hall–Kier alpha value is -1.02. The number of piperazine rings is 1. The average Bonchev–Trinajstić information content (AvgIpc) is 3.13. The molecule has 1 unspecified atom stereocenters. The Balaban J connectivity index is 1.30. The maximum atomic E-state index is 13.2. The molecule has 6 nitrogen and oxygen atoms in total. The van der Waals surface area contributed by atoms with Crippen LogP contribution in [0.2, 0.25) is 0 Å². The van der Waals surface area contributed by atoms with Crippen molar-refractivity contribution in [3.8, 4) is 0 Å². The third-order valence-corrected chi connectivity index (χ3v) is 7.79. The Kier molecular flexibility index (Phi) is 5.31. The van der Waals surface area contributed by atoms with E-state index in [0.29, 0.717) is 17.4 Å². The molecule has 1 spiro atoms. The van der Waals surface area contributed by atoms with Gasteiger partial charge in [-0.15, -0.1) is 11.3 Å². The minimum atomic E-state index is -0.392. The summed E-state index contributed by atoms with van der Waals surface area (Å²) in [5, 5.41) is 6.63. The van der Waals surface area contributed by atoms with Crippen LogP contribution in [0.1, 0.15) is 38.1 Å². The number of carbonyl (C=O) groups is 1. The molecule has 1 amide bonds. The third kappa shape index (κ3) is 3.79. The molecule has 1 saturated carbocycles. The Morgan fingerprint density at radius 3 is 2.67 bits per heavy atom. The molecular weight excluding hydrogens is 358 g/mol. The second-order valence-corrected chi connectivity index (χ2v) is 9.99. The summed E-state index contributed by atoms with van der Waals surface area (Å²) in [5.74, 6) is 0.313. The number of hydrogen-bond acceptors (Lipinski definition) is 6. The van der Waals surface area contributed by atoms with Crippen molar-refractivity contribution in [2.45, 2.75) is 51.2 Å². The highest BCUT2D eigenvalue weighted by Gasteiger charge is 2.57. The van der Waals surface area contributed by atoms with Crippen molar-refractivity contribution in [1.82, 2.24) is 25.0 Å². The number of nitrogens with one attached hydrogen (secondary N) is 1. The van der Waals surface area contributed by atoms with Crippen LogP contribution in [0.15, 0.2) is 11.6 Å². The largest absolute Gasteiger partial charge is 0.341 e. The van der Waals surface area contributed by atoms with E-state index in [-0.39, 0.29) is 0 Å². The van der Waals surface area contributed by atoms with Crippen LogP contribution in [0, 0.1) is 5.41 Å². The van der Waals surface area contributed by atoms with Gasteiger partial charge in [0.05, 0.1) is 12.1 Å². The van der Waals surface area contributed by atoms with E-state index in [0.717, 1.165) is 58.7 Å². The van der Waals surface area contributed by atoms with Crippen LogP contribution in [0.3, 0.4) is 0 Å². The summed E-state index contributed by atoms with van der Waals surface area (Å²) in [6.45, 7) is 10.9. The van der Waals surface area contributed by atoms with Crippen molar-refractivity contribution in [2.24, 2.45) is 5.41 Å². The number of rotatable bonds is 5. The molecule has 1 atom stereocenters. The molecule has 1 aromatic rings. The highest BCUT2D eigenvalue weighted by molar-refractivity contribution is 7.09. The fourth-order valence-corrected chi connectivity index (χ4v) is 5.72. The second kappa shape index (κ2) is 7.43. The first-order valence-corrected chi connectivity index (χ1v) is 11.1. The van der Waals surface area contributed by atoms with E-state index >= 15 is 0 Å². The summed E-state index contributed by atoms with van der Waals surface area (Å²) in [6.07, 6.45) is 5.45. The number of thiazole rings is 1. The molecule has 0 bridgehead atoms. The van der Waals surface area contributed by atoms with Crippen LogP contribution in [-0.4, -0.2) is 83.5 Å². The molecule has 2 aliphatic heterocycles. The van der Waals surface area contributed by atoms with Gasteiger partial charge in [0.25, 0.3) is 0 Å². The fourth-order valence-electron chi connectivity index (χ4n) is 5.04. The lowest BCUT2D eigenvalue weighted by Crippen LogP contribution is -2.61. The third-order valence-electron chi connectivity index (χ3n) is 7.02. The van der Waals surface area contributed by atoms with E-state index in [4.69, 9.17) is 0 Å². The molecule has 1 aliphatic carbocycles. The summed E-state index contributed by atoms with van der Waals surface area (Å²) < 4.78 is 0. The summed E-state index contributed by atoms with van der Waals surface area (Å²) >= 11 is 1.74. The maximum absolute atomic E-state index is 13.2. The number of carbonyl (C=O) groups excluding carboxylic acids is 1. The Bertz CT molecular complexity index is 647. The van der Waals surface area contributed by atoms with Gasteiger partial charge in [-0.1, -0.05) is 0 Å². The Morgan fingerprint density at radius 2 is 2.04 bits per heavy atom. The normalized spacial score (nSPS) is 25.9. The van der Waals surface area contributed by atoms with Gasteiger partial charge in [-0.05, 0) is 45.6 Å². The smallest absolute Gasteiger partial charge is 0.242 e. The second-order valence-electron chi connectivity index (χ2n) is 9.01. The van der Waals surface area contributed by atoms with Gasteiger partial charge in [-0.3, -0.25) is 14.6 Å². The SMILES string of the molecule is CN(Cc1nccs1)C1CC12CCN(C(=O)C(C)(C)N1CCNCC1)CC2. The van der Waals surface area contributed by atoms with Gasteiger partial charge in [0, 0.05) is 56.9 Å². The maximum Gasteiger partial charge on any atom is 0.242 e. The van der Waals surface area contributed by atoms with Crippen molar-refractivity contribution in [1.29, 1.82) is 0 Å². The van der Waals surface area contributed by atoms with Crippen LogP contribution in [-0.2, 0) is 11.3 Å². The number of amides is 1. The average molecular weight is 392 g/mol. The van der Waals surface area contributed by atoms with Crippen molar-refractivity contribution in [3.05, 3.63) is 16.6 Å². The van der Waals surface area contributed by atoms with E-state index < -0.39 is 5.54 Å². The summed E-state index contributed by atoms with van der Waals surface area (Å²) in [6, 6.07) is 0.653. The summed E-state index contributed by atoms with van der Waals surface area (Å²) in [7, 11) is 2.23. The van der Waals surface area contributed by atoms with Gasteiger partial charge >= 0.3 is 0 Å². The standard InChI is InChI=1S/C20H33N5OS/c1-19(2,25-11-6-21-7-12-25)18(26)24-9-4-20(5-10-24)14-16(20)23(3)15-17-22-8-13-27-17/h8,13,16,21H,4-7,9-12,14-15H2,1-3H3. The predicted octanol–water partition coefficient (Wildman–Crippen LogP) is 1.64. The van der Waals surface area contributed by atoms with E-state index in [1.165, 1.54) is 11.4 Å². The van der Waals surface area contributed by atoms with Gasteiger partial charge in [-0.25, -0.2) is 4.98 Å².